The first-order valence-electron chi connectivity index (χ1n) is 11.1. The molecule has 0 aromatic heterocycles. The van der Waals surface area contributed by atoms with Crippen molar-refractivity contribution < 1.29 is 9.59 Å². The van der Waals surface area contributed by atoms with Crippen LogP contribution >= 0.6 is 23.2 Å². The van der Waals surface area contributed by atoms with Gasteiger partial charge in [0.15, 0.2) is 0 Å². The van der Waals surface area contributed by atoms with Gasteiger partial charge < -0.3 is 10.2 Å². The van der Waals surface area contributed by atoms with Gasteiger partial charge in [-0.05, 0) is 35.2 Å². The smallest absolute Gasteiger partial charge is 0.243 e. The first-order chi connectivity index (χ1) is 16.0. The quantitative estimate of drug-likeness (QED) is 0.402. The molecular weight excluding hydrogens is 455 g/mol. The van der Waals surface area contributed by atoms with Crippen molar-refractivity contribution >= 4 is 35.0 Å². The van der Waals surface area contributed by atoms with E-state index in [1.54, 1.807) is 23.1 Å². The summed E-state index contributed by atoms with van der Waals surface area (Å²) in [6.45, 7) is 2.89. The van der Waals surface area contributed by atoms with Crippen LogP contribution in [0.25, 0.3) is 0 Å². The molecule has 0 radical (unpaired) electrons. The normalized spacial score (nSPS) is 11.6. The van der Waals surface area contributed by atoms with Crippen molar-refractivity contribution in [3.05, 3.63) is 106 Å². The number of nitrogens with zero attached hydrogens (tertiary/aromatic N) is 1. The van der Waals surface area contributed by atoms with Gasteiger partial charge in [-0.2, -0.15) is 0 Å². The zero-order valence-electron chi connectivity index (χ0n) is 18.6. The number of benzene rings is 3. The van der Waals surface area contributed by atoms with Gasteiger partial charge in [0.1, 0.15) is 6.04 Å². The SMILES string of the molecule is CCCNC(=O)[C@H](Cc1ccccc1)N(Cc1ccccc1)C(=O)Cc1ccc(Cl)c(Cl)c1. The molecule has 172 valence electrons. The van der Waals surface area contributed by atoms with Crippen molar-refractivity contribution in [1.82, 2.24) is 10.2 Å². The number of halogens is 2. The molecule has 0 heterocycles. The van der Waals surface area contributed by atoms with Gasteiger partial charge in [-0.15, -0.1) is 0 Å². The number of carbonyl (C=O) groups excluding carboxylic acids is 2. The minimum absolute atomic E-state index is 0.121. The molecule has 2 amide bonds. The summed E-state index contributed by atoms with van der Waals surface area (Å²) in [6.07, 6.45) is 1.37. The third kappa shape index (κ3) is 7.34. The van der Waals surface area contributed by atoms with E-state index in [9.17, 15) is 9.59 Å². The predicted molar refractivity (Wildman–Crippen MR) is 134 cm³/mol. The van der Waals surface area contributed by atoms with Crippen molar-refractivity contribution in [2.45, 2.75) is 38.8 Å². The molecule has 3 rings (SSSR count). The molecule has 1 N–H and O–H groups in total. The fourth-order valence-corrected chi connectivity index (χ4v) is 3.95. The highest BCUT2D eigenvalue weighted by molar-refractivity contribution is 6.42. The summed E-state index contributed by atoms with van der Waals surface area (Å²) in [7, 11) is 0. The van der Waals surface area contributed by atoms with E-state index in [0.29, 0.717) is 29.6 Å². The van der Waals surface area contributed by atoms with Gasteiger partial charge in [0.25, 0.3) is 0 Å². The Morgan fingerprint density at radius 3 is 2.09 bits per heavy atom. The fraction of sp³-hybridized carbons (Fsp3) is 0.259. The van der Waals surface area contributed by atoms with E-state index >= 15 is 0 Å². The average molecular weight is 483 g/mol. The third-order valence-electron chi connectivity index (χ3n) is 5.36. The molecule has 3 aromatic carbocycles. The maximum Gasteiger partial charge on any atom is 0.243 e. The number of hydrogen-bond donors (Lipinski definition) is 1. The Hall–Kier alpha value is -2.82. The Morgan fingerprint density at radius 1 is 0.848 bits per heavy atom. The van der Waals surface area contributed by atoms with Crippen molar-refractivity contribution in [3.63, 3.8) is 0 Å². The first-order valence-corrected chi connectivity index (χ1v) is 11.8. The highest BCUT2D eigenvalue weighted by Crippen LogP contribution is 2.24. The second kappa shape index (κ2) is 12.4. The number of rotatable bonds is 10. The highest BCUT2D eigenvalue weighted by atomic mass is 35.5. The summed E-state index contributed by atoms with van der Waals surface area (Å²) in [5.41, 5.74) is 2.70. The lowest BCUT2D eigenvalue weighted by atomic mass is 10.0. The molecule has 0 aliphatic rings. The van der Waals surface area contributed by atoms with Gasteiger partial charge in [-0.25, -0.2) is 0 Å². The van der Waals surface area contributed by atoms with Crippen LogP contribution in [-0.4, -0.2) is 29.3 Å². The number of carbonyl (C=O) groups is 2. The maximum absolute atomic E-state index is 13.6. The maximum atomic E-state index is 13.6. The van der Waals surface area contributed by atoms with E-state index in [1.165, 1.54) is 0 Å². The van der Waals surface area contributed by atoms with Crippen LogP contribution in [0.3, 0.4) is 0 Å². The second-order valence-electron chi connectivity index (χ2n) is 7.93. The van der Waals surface area contributed by atoms with Crippen LogP contribution in [0, 0.1) is 0 Å². The van der Waals surface area contributed by atoms with Crippen LogP contribution in [-0.2, 0) is 29.0 Å². The molecular formula is C27H28Cl2N2O2. The van der Waals surface area contributed by atoms with E-state index in [4.69, 9.17) is 23.2 Å². The lowest BCUT2D eigenvalue weighted by Gasteiger charge is -2.31. The molecule has 0 unspecified atom stereocenters. The zero-order valence-corrected chi connectivity index (χ0v) is 20.1. The molecule has 0 fully saturated rings. The summed E-state index contributed by atoms with van der Waals surface area (Å²) in [5, 5.41) is 3.82. The number of hydrogen-bond acceptors (Lipinski definition) is 2. The second-order valence-corrected chi connectivity index (χ2v) is 8.74. The van der Waals surface area contributed by atoms with Gasteiger partial charge in [0.2, 0.25) is 11.8 Å². The van der Waals surface area contributed by atoms with E-state index < -0.39 is 6.04 Å². The molecule has 4 nitrogen and oxygen atoms in total. The first kappa shape index (κ1) is 24.8. The van der Waals surface area contributed by atoms with Gasteiger partial charge in [0.05, 0.1) is 16.5 Å². The van der Waals surface area contributed by atoms with Crippen LogP contribution < -0.4 is 5.32 Å². The monoisotopic (exact) mass is 482 g/mol. The van der Waals surface area contributed by atoms with Crippen molar-refractivity contribution in [2.75, 3.05) is 6.54 Å². The Bertz CT molecular complexity index is 1060. The number of nitrogens with one attached hydrogen (secondary N) is 1. The van der Waals surface area contributed by atoms with Crippen molar-refractivity contribution in [3.8, 4) is 0 Å². The third-order valence-corrected chi connectivity index (χ3v) is 6.09. The lowest BCUT2D eigenvalue weighted by molar-refractivity contribution is -0.140. The number of amides is 2. The molecule has 0 saturated carbocycles. The van der Waals surface area contributed by atoms with Crippen LogP contribution in [0.4, 0.5) is 0 Å². The lowest BCUT2D eigenvalue weighted by Crippen LogP contribution is -2.51. The molecule has 0 saturated heterocycles. The molecule has 33 heavy (non-hydrogen) atoms. The van der Waals surface area contributed by atoms with Crippen LogP contribution in [0.2, 0.25) is 10.0 Å². The highest BCUT2D eigenvalue weighted by Gasteiger charge is 2.30. The van der Waals surface area contributed by atoms with E-state index in [-0.39, 0.29) is 18.2 Å². The fourth-order valence-electron chi connectivity index (χ4n) is 3.63. The molecule has 0 aliphatic carbocycles. The van der Waals surface area contributed by atoms with Gasteiger partial charge in [0, 0.05) is 19.5 Å². The Kier molecular flexibility index (Phi) is 9.35. The predicted octanol–water partition coefficient (Wildman–Crippen LogP) is 5.70. The van der Waals surface area contributed by atoms with E-state index in [1.807, 2.05) is 67.6 Å². The summed E-state index contributed by atoms with van der Waals surface area (Å²) in [6, 6.07) is 24.0. The van der Waals surface area contributed by atoms with E-state index in [0.717, 1.165) is 23.1 Å². The molecule has 6 heteroatoms. The summed E-state index contributed by atoms with van der Waals surface area (Å²) in [5.74, 6) is -0.302. The Balaban J connectivity index is 1.93. The van der Waals surface area contributed by atoms with Gasteiger partial charge >= 0.3 is 0 Å². The average Bonchev–Trinajstić information content (AvgIpc) is 2.83. The molecule has 0 spiro atoms. The summed E-state index contributed by atoms with van der Waals surface area (Å²) < 4.78 is 0. The molecule has 1 atom stereocenters. The summed E-state index contributed by atoms with van der Waals surface area (Å²) >= 11 is 12.2. The van der Waals surface area contributed by atoms with Crippen LogP contribution in [0.5, 0.6) is 0 Å². The summed E-state index contributed by atoms with van der Waals surface area (Å²) in [4.78, 5) is 28.5. The van der Waals surface area contributed by atoms with Crippen molar-refractivity contribution in [2.24, 2.45) is 0 Å². The topological polar surface area (TPSA) is 49.4 Å². The van der Waals surface area contributed by atoms with Gasteiger partial charge in [-0.3, -0.25) is 9.59 Å². The Morgan fingerprint density at radius 2 is 1.48 bits per heavy atom. The van der Waals surface area contributed by atoms with E-state index in [2.05, 4.69) is 5.32 Å². The standard InChI is InChI=1S/C27H28Cl2N2O2/c1-2-15-30-27(33)25(17-20-9-5-3-6-10-20)31(19-21-11-7-4-8-12-21)26(32)18-22-13-14-23(28)24(29)16-22/h3-14,16,25H,2,15,17-19H2,1H3,(H,30,33)/t25-/m0/s1. The van der Waals surface area contributed by atoms with Crippen LogP contribution in [0.1, 0.15) is 30.0 Å². The molecule has 0 aliphatic heterocycles. The molecule has 3 aromatic rings. The largest absolute Gasteiger partial charge is 0.354 e. The zero-order chi connectivity index (χ0) is 23.6. The van der Waals surface area contributed by atoms with Crippen molar-refractivity contribution in [1.29, 1.82) is 0 Å². The minimum atomic E-state index is -0.644. The minimum Gasteiger partial charge on any atom is -0.354 e. The van der Waals surface area contributed by atoms with Gasteiger partial charge in [-0.1, -0.05) is 96.9 Å². The Labute approximate surface area is 205 Å². The molecule has 0 bridgehead atoms. The van der Waals surface area contributed by atoms with Crippen LogP contribution in [0.15, 0.2) is 78.9 Å².